The molecular weight excluding hydrogens is 482 g/mol. The lowest BCUT2D eigenvalue weighted by Gasteiger charge is -2.27. The Balaban J connectivity index is 1.32. The van der Waals surface area contributed by atoms with Crippen LogP contribution < -0.4 is 10.2 Å². The maximum Gasteiger partial charge on any atom is 0.317 e. The van der Waals surface area contributed by atoms with Gasteiger partial charge < -0.3 is 19.4 Å². The van der Waals surface area contributed by atoms with Crippen molar-refractivity contribution in [3.8, 4) is 11.5 Å². The lowest BCUT2D eigenvalue weighted by atomic mass is 9.96. The number of aliphatic imine (C=N–C) groups is 1. The average molecular weight is 512 g/mol. The summed E-state index contributed by atoms with van der Waals surface area (Å²) in [6.07, 6.45) is 1.30. The quantitative estimate of drug-likeness (QED) is 0.417. The molecule has 6 rings (SSSR count). The summed E-state index contributed by atoms with van der Waals surface area (Å²) in [5.41, 5.74) is 4.31. The molecule has 10 heteroatoms. The predicted molar refractivity (Wildman–Crippen MR) is 144 cm³/mol. The molecule has 194 valence electrons. The van der Waals surface area contributed by atoms with Crippen molar-refractivity contribution in [1.29, 1.82) is 0 Å². The van der Waals surface area contributed by atoms with Gasteiger partial charge in [0.25, 0.3) is 5.89 Å². The van der Waals surface area contributed by atoms with Crippen LogP contribution >= 0.6 is 0 Å². The second-order valence-corrected chi connectivity index (χ2v) is 9.64. The number of carbonyl (C=O) groups excluding carboxylic acids is 1. The predicted octanol–water partition coefficient (Wildman–Crippen LogP) is 3.75. The molecule has 10 nitrogen and oxygen atoms in total. The van der Waals surface area contributed by atoms with Gasteiger partial charge in [0.2, 0.25) is 0 Å². The highest BCUT2D eigenvalue weighted by Gasteiger charge is 2.28. The summed E-state index contributed by atoms with van der Waals surface area (Å²) in [6, 6.07) is 18.0. The van der Waals surface area contributed by atoms with Gasteiger partial charge in [-0.1, -0.05) is 59.7 Å². The van der Waals surface area contributed by atoms with Gasteiger partial charge in [-0.25, -0.2) is 0 Å². The van der Waals surface area contributed by atoms with Crippen molar-refractivity contribution < 1.29 is 13.9 Å². The molecule has 0 saturated carbocycles. The molecule has 4 aromatic rings. The van der Waals surface area contributed by atoms with Gasteiger partial charge in [-0.3, -0.25) is 14.5 Å². The number of fused-ring (bicyclic) bond motifs is 1. The van der Waals surface area contributed by atoms with E-state index in [1.54, 1.807) is 0 Å². The van der Waals surface area contributed by atoms with Gasteiger partial charge in [-0.2, -0.15) is 5.10 Å². The first-order valence-corrected chi connectivity index (χ1v) is 12.8. The smallest absolute Gasteiger partial charge is 0.317 e. The highest BCUT2D eigenvalue weighted by Crippen LogP contribution is 2.32. The zero-order valence-electron chi connectivity index (χ0n) is 21.4. The number of ether oxygens (including phenoxy) is 1. The fraction of sp³-hybridized carbons (Fsp3) is 0.321. The SMILES string of the molecule is CC(C)n1cc(-c2nnc(N[C@H]3N=C(c4ccccc4)c4ccccc4CC3=O)o2)c(N2CCOCC2)n1. The number of hydrogen-bond acceptors (Lipinski definition) is 9. The summed E-state index contributed by atoms with van der Waals surface area (Å²) in [6.45, 7) is 6.87. The molecule has 38 heavy (non-hydrogen) atoms. The molecule has 2 aliphatic heterocycles. The van der Waals surface area contributed by atoms with Gasteiger partial charge >= 0.3 is 6.01 Å². The minimum atomic E-state index is -0.872. The van der Waals surface area contributed by atoms with Crippen molar-refractivity contribution in [3.05, 3.63) is 77.5 Å². The second-order valence-electron chi connectivity index (χ2n) is 9.64. The number of ketones is 1. The Morgan fingerprint density at radius 1 is 0.974 bits per heavy atom. The number of carbonyl (C=O) groups is 1. The summed E-state index contributed by atoms with van der Waals surface area (Å²) in [5.74, 6) is 1.03. The molecule has 1 saturated heterocycles. The summed E-state index contributed by atoms with van der Waals surface area (Å²) >= 11 is 0. The van der Waals surface area contributed by atoms with Crippen LogP contribution in [0.1, 0.15) is 36.6 Å². The van der Waals surface area contributed by atoms with Gasteiger partial charge in [-0.15, -0.1) is 5.10 Å². The van der Waals surface area contributed by atoms with Gasteiger partial charge in [-0.05, 0) is 19.4 Å². The average Bonchev–Trinajstić information content (AvgIpc) is 3.57. The Bertz CT molecular complexity index is 1470. The van der Waals surface area contributed by atoms with E-state index in [0.717, 1.165) is 46.9 Å². The maximum absolute atomic E-state index is 13.3. The molecule has 4 heterocycles. The molecule has 2 aliphatic rings. The van der Waals surface area contributed by atoms with E-state index >= 15 is 0 Å². The first-order chi connectivity index (χ1) is 18.6. The fourth-order valence-electron chi connectivity index (χ4n) is 4.71. The molecule has 0 radical (unpaired) electrons. The second kappa shape index (κ2) is 10.2. The Hall–Kier alpha value is -4.31. The van der Waals surface area contributed by atoms with E-state index in [0.29, 0.717) is 19.1 Å². The zero-order valence-corrected chi connectivity index (χ0v) is 21.4. The molecule has 0 bridgehead atoms. The molecule has 2 aromatic carbocycles. The molecule has 1 fully saturated rings. The summed E-state index contributed by atoms with van der Waals surface area (Å²) in [7, 11) is 0. The fourth-order valence-corrected chi connectivity index (χ4v) is 4.71. The molecule has 2 aromatic heterocycles. The van der Waals surface area contributed by atoms with Crippen LogP contribution in [0.4, 0.5) is 11.8 Å². The topological polar surface area (TPSA) is 111 Å². The van der Waals surface area contributed by atoms with Gasteiger partial charge in [0.1, 0.15) is 5.56 Å². The standard InChI is InChI=1S/C28H29N7O3/c1-18(2)35-17-22(26(33-35)34-12-14-37-15-13-34)27-31-32-28(38-27)30-25-23(36)16-20-10-6-7-11-21(20)24(29-25)19-8-4-3-5-9-19/h3-11,17-18,25H,12-16H2,1-2H3,(H,30,32)/t25-/m1/s1. The monoisotopic (exact) mass is 511 g/mol. The molecular formula is C28H29N7O3. The molecule has 0 amide bonds. The number of aromatic nitrogens is 4. The molecule has 1 N–H and O–H groups in total. The van der Waals surface area contributed by atoms with E-state index < -0.39 is 6.17 Å². The van der Waals surface area contributed by atoms with Crippen molar-refractivity contribution >= 4 is 23.3 Å². The number of hydrogen-bond donors (Lipinski definition) is 1. The number of morpholine rings is 1. The van der Waals surface area contributed by atoms with Crippen molar-refractivity contribution in [3.63, 3.8) is 0 Å². The Morgan fingerprint density at radius 2 is 1.74 bits per heavy atom. The van der Waals surface area contributed by atoms with Crippen LogP contribution in [0.3, 0.4) is 0 Å². The number of Topliss-reactive ketones (excluding diaryl/α,β-unsaturated/α-hetero) is 1. The van der Waals surface area contributed by atoms with Crippen LogP contribution in [0.5, 0.6) is 0 Å². The third kappa shape index (κ3) is 4.70. The number of anilines is 2. The number of nitrogens with zero attached hydrogens (tertiary/aromatic N) is 6. The van der Waals surface area contributed by atoms with E-state index in [1.807, 2.05) is 65.5 Å². The summed E-state index contributed by atoms with van der Waals surface area (Å²) in [4.78, 5) is 20.3. The molecule has 0 unspecified atom stereocenters. The summed E-state index contributed by atoms with van der Waals surface area (Å²) < 4.78 is 13.4. The van der Waals surface area contributed by atoms with Crippen LogP contribution in [-0.4, -0.2) is 63.9 Å². The molecule has 0 spiro atoms. The van der Waals surface area contributed by atoms with E-state index in [-0.39, 0.29) is 24.3 Å². The van der Waals surface area contributed by atoms with Gasteiger partial charge in [0.05, 0.1) is 18.9 Å². The normalized spacial score (nSPS) is 17.8. The van der Waals surface area contributed by atoms with Gasteiger partial charge in [0.15, 0.2) is 17.8 Å². The van der Waals surface area contributed by atoms with Crippen LogP contribution in [0.2, 0.25) is 0 Å². The highest BCUT2D eigenvalue weighted by molar-refractivity contribution is 6.16. The third-order valence-electron chi connectivity index (χ3n) is 6.72. The first kappa shape index (κ1) is 24.1. The minimum absolute atomic E-state index is 0.0789. The van der Waals surface area contributed by atoms with Crippen LogP contribution in [0.15, 0.2) is 70.2 Å². The number of benzene rings is 2. The van der Waals surface area contributed by atoms with Crippen molar-refractivity contribution in [2.24, 2.45) is 4.99 Å². The Morgan fingerprint density at radius 3 is 2.53 bits per heavy atom. The number of nitrogens with one attached hydrogen (secondary N) is 1. The highest BCUT2D eigenvalue weighted by atomic mass is 16.5. The van der Waals surface area contributed by atoms with E-state index in [2.05, 4.69) is 34.3 Å². The third-order valence-corrected chi connectivity index (χ3v) is 6.72. The van der Waals surface area contributed by atoms with Crippen LogP contribution in [0, 0.1) is 0 Å². The molecule has 0 aliphatic carbocycles. The van der Waals surface area contributed by atoms with Crippen molar-refractivity contribution in [2.75, 3.05) is 36.5 Å². The zero-order chi connectivity index (χ0) is 26.1. The van der Waals surface area contributed by atoms with E-state index in [1.165, 1.54) is 0 Å². The largest absolute Gasteiger partial charge is 0.403 e. The number of rotatable bonds is 6. The Kier molecular flexibility index (Phi) is 6.47. The lowest BCUT2D eigenvalue weighted by Crippen LogP contribution is -2.36. The maximum atomic E-state index is 13.3. The first-order valence-electron chi connectivity index (χ1n) is 12.8. The minimum Gasteiger partial charge on any atom is -0.403 e. The molecule has 1 atom stereocenters. The van der Waals surface area contributed by atoms with E-state index in [4.69, 9.17) is 19.2 Å². The lowest BCUT2D eigenvalue weighted by molar-refractivity contribution is -0.119. The Labute approximate surface area is 220 Å². The van der Waals surface area contributed by atoms with E-state index in [9.17, 15) is 4.79 Å². The van der Waals surface area contributed by atoms with Crippen LogP contribution in [0.25, 0.3) is 11.5 Å². The van der Waals surface area contributed by atoms with Crippen molar-refractivity contribution in [2.45, 2.75) is 32.5 Å². The van der Waals surface area contributed by atoms with Gasteiger partial charge in [0, 0.05) is 42.9 Å². The summed E-state index contributed by atoms with van der Waals surface area (Å²) in [5, 5.41) is 16.4. The van der Waals surface area contributed by atoms with Crippen LogP contribution in [-0.2, 0) is 16.0 Å². The van der Waals surface area contributed by atoms with Crippen molar-refractivity contribution in [1.82, 2.24) is 20.0 Å².